The second-order valence-electron chi connectivity index (χ2n) is 8.46. The number of likely N-dealkylation sites (tertiary alicyclic amines) is 1. The van der Waals surface area contributed by atoms with E-state index in [1.165, 1.54) is 7.11 Å². The number of methoxy groups -OCH3 is 2. The van der Waals surface area contributed by atoms with Crippen LogP contribution in [0.4, 0.5) is 10.6 Å². The van der Waals surface area contributed by atoms with Crippen molar-refractivity contribution in [2.24, 2.45) is 16.0 Å². The summed E-state index contributed by atoms with van der Waals surface area (Å²) in [5.74, 6) is 0.562. The van der Waals surface area contributed by atoms with Gasteiger partial charge < -0.3 is 19.7 Å². The first-order valence-corrected chi connectivity index (χ1v) is 11.8. The molecule has 0 aliphatic carbocycles. The molecule has 0 saturated carbocycles. The molecular weight excluding hydrogens is 462 g/mol. The molecule has 190 valence electrons. The van der Waals surface area contributed by atoms with Gasteiger partial charge in [-0.1, -0.05) is 6.58 Å². The number of nitrogens with one attached hydrogen (secondary N) is 1. The van der Waals surface area contributed by atoms with Gasteiger partial charge >= 0.3 is 6.09 Å². The molecule has 1 N–H and O–H groups in total. The number of aliphatic imine (C=N–C) groups is 1. The van der Waals surface area contributed by atoms with E-state index in [1.54, 1.807) is 47.3 Å². The first-order valence-electron chi connectivity index (χ1n) is 11.8. The van der Waals surface area contributed by atoms with Crippen molar-refractivity contribution in [3.05, 3.63) is 48.8 Å². The van der Waals surface area contributed by atoms with E-state index < -0.39 is 12.1 Å². The Labute approximate surface area is 210 Å². The molecule has 1 fully saturated rings. The summed E-state index contributed by atoms with van der Waals surface area (Å²) in [5, 5.41) is 13.7. The van der Waals surface area contributed by atoms with Crippen LogP contribution in [0.1, 0.15) is 31.4 Å². The van der Waals surface area contributed by atoms with Gasteiger partial charge in [0.1, 0.15) is 17.5 Å². The fourth-order valence-electron chi connectivity index (χ4n) is 4.44. The van der Waals surface area contributed by atoms with E-state index in [0.29, 0.717) is 18.9 Å². The molecule has 2 aliphatic rings. The van der Waals surface area contributed by atoms with Crippen LogP contribution in [0.25, 0.3) is 5.69 Å². The zero-order valence-corrected chi connectivity index (χ0v) is 20.7. The first kappa shape index (κ1) is 25.0. The molecule has 2 amide bonds. The maximum absolute atomic E-state index is 13.3. The van der Waals surface area contributed by atoms with Gasteiger partial charge in [-0.05, 0) is 50.2 Å². The average molecular weight is 494 g/mol. The van der Waals surface area contributed by atoms with E-state index in [-0.39, 0.29) is 17.9 Å². The van der Waals surface area contributed by atoms with Crippen LogP contribution in [0.2, 0.25) is 0 Å². The van der Waals surface area contributed by atoms with Gasteiger partial charge in [0.25, 0.3) is 0 Å². The van der Waals surface area contributed by atoms with Crippen LogP contribution < -0.4 is 10.1 Å². The van der Waals surface area contributed by atoms with Crippen LogP contribution >= 0.6 is 0 Å². The quantitative estimate of drug-likeness (QED) is 0.593. The summed E-state index contributed by atoms with van der Waals surface area (Å²) >= 11 is 0. The van der Waals surface area contributed by atoms with Crippen LogP contribution in [0.5, 0.6) is 5.75 Å². The number of ether oxygens (including phenoxy) is 2. The minimum absolute atomic E-state index is 0.141. The molecule has 2 aromatic rings. The van der Waals surface area contributed by atoms with E-state index in [1.807, 2.05) is 30.3 Å². The SMILES string of the molecule is C=CN1N=CC(C(=O)Nc2cc(C3CCN(C(=O)OC)CC3)nn2-c2ccc(OC)cc2)C1/N=C\C. The second kappa shape index (κ2) is 11.1. The largest absolute Gasteiger partial charge is 0.497 e. The van der Waals surface area contributed by atoms with E-state index in [9.17, 15) is 9.59 Å². The fraction of sp³-hybridized carbons (Fsp3) is 0.400. The number of amides is 2. The van der Waals surface area contributed by atoms with Crippen LogP contribution in [-0.2, 0) is 9.53 Å². The van der Waals surface area contributed by atoms with Crippen molar-refractivity contribution >= 4 is 30.2 Å². The van der Waals surface area contributed by atoms with Gasteiger partial charge in [0.05, 0.1) is 25.6 Å². The summed E-state index contributed by atoms with van der Waals surface area (Å²) in [6.07, 6.45) is 5.45. The monoisotopic (exact) mass is 493 g/mol. The number of anilines is 1. The number of rotatable bonds is 7. The predicted molar refractivity (Wildman–Crippen MR) is 137 cm³/mol. The number of nitrogens with zero attached hydrogens (tertiary/aromatic N) is 6. The average Bonchev–Trinajstić information content (AvgIpc) is 3.52. The first-order chi connectivity index (χ1) is 17.5. The number of carbonyl (C=O) groups excluding carboxylic acids is 2. The topological polar surface area (TPSA) is 114 Å². The Kier molecular flexibility index (Phi) is 7.67. The molecule has 0 bridgehead atoms. The number of carbonyl (C=O) groups is 2. The van der Waals surface area contributed by atoms with Gasteiger partial charge in [-0.2, -0.15) is 10.2 Å². The zero-order chi connectivity index (χ0) is 25.7. The van der Waals surface area contributed by atoms with Crippen molar-refractivity contribution < 1.29 is 19.1 Å². The van der Waals surface area contributed by atoms with Gasteiger partial charge in [0, 0.05) is 37.5 Å². The third-order valence-corrected chi connectivity index (χ3v) is 6.39. The third-order valence-electron chi connectivity index (χ3n) is 6.39. The molecule has 2 unspecified atom stereocenters. The Bertz CT molecular complexity index is 1150. The Morgan fingerprint density at radius 3 is 2.53 bits per heavy atom. The van der Waals surface area contributed by atoms with Gasteiger partial charge in [0.2, 0.25) is 5.91 Å². The molecule has 4 rings (SSSR count). The van der Waals surface area contributed by atoms with Crippen molar-refractivity contribution in [3.63, 3.8) is 0 Å². The summed E-state index contributed by atoms with van der Waals surface area (Å²) in [4.78, 5) is 31.3. The Balaban J connectivity index is 1.60. The van der Waals surface area contributed by atoms with Crippen molar-refractivity contribution in [1.29, 1.82) is 0 Å². The summed E-state index contributed by atoms with van der Waals surface area (Å²) in [5.41, 5.74) is 1.63. The lowest BCUT2D eigenvalue weighted by Gasteiger charge is -2.29. The van der Waals surface area contributed by atoms with Crippen LogP contribution in [0.15, 0.2) is 53.2 Å². The van der Waals surface area contributed by atoms with E-state index in [2.05, 4.69) is 22.0 Å². The normalized spacial score (nSPS) is 20.1. The molecule has 3 heterocycles. The smallest absolute Gasteiger partial charge is 0.409 e. The highest BCUT2D eigenvalue weighted by Crippen LogP contribution is 2.31. The van der Waals surface area contributed by atoms with E-state index in [0.717, 1.165) is 30.0 Å². The highest BCUT2D eigenvalue weighted by molar-refractivity contribution is 6.03. The minimum Gasteiger partial charge on any atom is -0.497 e. The number of benzene rings is 1. The summed E-state index contributed by atoms with van der Waals surface area (Å²) in [6.45, 7) is 6.71. The molecule has 2 aliphatic heterocycles. The Hall–Kier alpha value is -4.15. The molecule has 11 heteroatoms. The van der Waals surface area contributed by atoms with Crippen molar-refractivity contribution in [2.45, 2.75) is 31.8 Å². The molecule has 11 nitrogen and oxygen atoms in total. The summed E-state index contributed by atoms with van der Waals surface area (Å²) in [6, 6.07) is 9.34. The van der Waals surface area contributed by atoms with Crippen molar-refractivity contribution in [1.82, 2.24) is 19.7 Å². The maximum atomic E-state index is 13.3. The van der Waals surface area contributed by atoms with Gasteiger partial charge in [-0.25, -0.2) is 14.5 Å². The molecule has 1 aromatic heterocycles. The summed E-state index contributed by atoms with van der Waals surface area (Å²) < 4.78 is 11.8. The number of piperidine rings is 1. The minimum atomic E-state index is -0.592. The number of hydrogen-bond donors (Lipinski definition) is 1. The Morgan fingerprint density at radius 2 is 1.92 bits per heavy atom. The lowest BCUT2D eigenvalue weighted by atomic mass is 9.94. The maximum Gasteiger partial charge on any atom is 0.409 e. The molecule has 1 saturated heterocycles. The third kappa shape index (κ3) is 5.09. The summed E-state index contributed by atoms with van der Waals surface area (Å²) in [7, 11) is 3.00. The molecule has 0 radical (unpaired) electrons. The van der Waals surface area contributed by atoms with Gasteiger partial charge in [-0.3, -0.25) is 9.79 Å². The number of hydrogen-bond acceptors (Lipinski definition) is 8. The number of hydrazone groups is 1. The lowest BCUT2D eigenvalue weighted by molar-refractivity contribution is -0.118. The molecule has 2 atom stereocenters. The zero-order valence-electron chi connectivity index (χ0n) is 20.7. The number of aromatic nitrogens is 2. The molecule has 36 heavy (non-hydrogen) atoms. The van der Waals surface area contributed by atoms with Crippen molar-refractivity contribution in [3.8, 4) is 11.4 Å². The molecular formula is C25H31N7O4. The Morgan fingerprint density at radius 1 is 1.19 bits per heavy atom. The highest BCUT2D eigenvalue weighted by Gasteiger charge is 2.35. The fourth-order valence-corrected chi connectivity index (χ4v) is 4.44. The van der Waals surface area contributed by atoms with Crippen LogP contribution in [0, 0.1) is 5.92 Å². The van der Waals surface area contributed by atoms with Crippen molar-refractivity contribution in [2.75, 3.05) is 32.6 Å². The van der Waals surface area contributed by atoms with E-state index >= 15 is 0 Å². The standard InChI is InChI=1S/C25H31N7O4/c1-5-26-23-20(16-27-31(23)6-2)24(33)28-22-15-21(17-11-13-30(14-12-17)25(34)36-4)29-32(22)18-7-9-19(35-3)10-8-18/h5-10,15-17,20,23H,2,11-14H2,1,3-4H3,(H,28,33)/b26-5-. The second-order valence-corrected chi connectivity index (χ2v) is 8.46. The predicted octanol–water partition coefficient (Wildman–Crippen LogP) is 3.24. The van der Waals surface area contributed by atoms with Crippen LogP contribution in [0.3, 0.4) is 0 Å². The molecule has 0 spiro atoms. The highest BCUT2D eigenvalue weighted by atomic mass is 16.5. The van der Waals surface area contributed by atoms with Crippen LogP contribution in [-0.4, -0.2) is 77.6 Å². The van der Waals surface area contributed by atoms with E-state index in [4.69, 9.17) is 14.6 Å². The van der Waals surface area contributed by atoms with Gasteiger partial charge in [0.15, 0.2) is 6.17 Å². The molecule has 1 aromatic carbocycles. The lowest BCUT2D eigenvalue weighted by Crippen LogP contribution is -2.37. The van der Waals surface area contributed by atoms with Gasteiger partial charge in [-0.15, -0.1) is 0 Å².